The number of benzene rings is 2. The van der Waals surface area contributed by atoms with Crippen molar-refractivity contribution < 1.29 is 14.3 Å². The normalized spacial score (nSPS) is 12.1. The molecule has 0 aliphatic heterocycles. The predicted molar refractivity (Wildman–Crippen MR) is 98.6 cm³/mol. The van der Waals surface area contributed by atoms with Crippen LogP contribution >= 0.6 is 0 Å². The van der Waals surface area contributed by atoms with Crippen molar-refractivity contribution in [3.63, 3.8) is 0 Å². The van der Waals surface area contributed by atoms with Crippen LogP contribution in [0.25, 0.3) is 10.8 Å². The first-order chi connectivity index (χ1) is 11.6. The van der Waals surface area contributed by atoms with Crippen LogP contribution < -0.4 is 4.74 Å². The minimum Gasteiger partial charge on any atom is -0.497 e. The van der Waals surface area contributed by atoms with Gasteiger partial charge < -0.3 is 9.47 Å². The topological polar surface area (TPSA) is 35.5 Å². The summed E-state index contributed by atoms with van der Waals surface area (Å²) in [5.74, 6) is 0.972. The number of fused-ring (bicyclic) bond motifs is 1. The lowest BCUT2D eigenvalue weighted by molar-refractivity contribution is -0.144. The molecule has 0 bridgehead atoms. The van der Waals surface area contributed by atoms with Crippen molar-refractivity contribution in [3.8, 4) is 5.75 Å². The summed E-state index contributed by atoms with van der Waals surface area (Å²) >= 11 is 0. The van der Waals surface area contributed by atoms with Gasteiger partial charge in [-0.1, -0.05) is 57.4 Å². The fourth-order valence-electron chi connectivity index (χ4n) is 2.76. The van der Waals surface area contributed by atoms with Crippen molar-refractivity contribution in [1.82, 2.24) is 0 Å². The number of ether oxygens (including phenoxy) is 2. The van der Waals surface area contributed by atoms with E-state index in [1.54, 1.807) is 7.11 Å². The van der Waals surface area contributed by atoms with E-state index in [1.165, 1.54) is 23.8 Å². The Labute approximate surface area is 145 Å². The summed E-state index contributed by atoms with van der Waals surface area (Å²) in [4.78, 5) is 11.8. The van der Waals surface area contributed by atoms with Gasteiger partial charge in [0.2, 0.25) is 0 Å². The zero-order valence-corrected chi connectivity index (χ0v) is 15.0. The molecular weight excluding hydrogens is 300 g/mol. The first kappa shape index (κ1) is 18.3. The molecule has 130 valence electrons. The zero-order valence-electron chi connectivity index (χ0n) is 15.0. The van der Waals surface area contributed by atoms with Crippen LogP contribution in [0, 0.1) is 0 Å². The third kappa shape index (κ3) is 5.26. The minimum atomic E-state index is -0.0801. The number of hydrogen-bond donors (Lipinski definition) is 0. The number of hydrogen-bond acceptors (Lipinski definition) is 3. The lowest BCUT2D eigenvalue weighted by Crippen LogP contribution is -2.10. The van der Waals surface area contributed by atoms with Crippen LogP contribution in [0.1, 0.15) is 57.4 Å². The molecule has 2 aromatic carbocycles. The van der Waals surface area contributed by atoms with Crippen LogP contribution in [0.2, 0.25) is 0 Å². The summed E-state index contributed by atoms with van der Waals surface area (Å²) in [5, 5.41) is 2.32. The number of unbranched alkanes of at least 4 members (excludes halogenated alkanes) is 3. The Kier molecular flexibility index (Phi) is 7.10. The van der Waals surface area contributed by atoms with E-state index in [1.807, 2.05) is 12.1 Å². The second-order valence-corrected chi connectivity index (χ2v) is 6.37. The molecule has 24 heavy (non-hydrogen) atoms. The zero-order chi connectivity index (χ0) is 17.4. The van der Waals surface area contributed by atoms with Gasteiger partial charge in [0.1, 0.15) is 5.75 Å². The molecule has 0 heterocycles. The highest BCUT2D eigenvalue weighted by atomic mass is 16.5. The molecule has 0 aliphatic carbocycles. The third-order valence-electron chi connectivity index (χ3n) is 4.37. The number of rotatable bonds is 9. The molecule has 0 aliphatic rings. The Hall–Kier alpha value is -2.03. The third-order valence-corrected chi connectivity index (χ3v) is 4.37. The first-order valence-electron chi connectivity index (χ1n) is 8.87. The summed E-state index contributed by atoms with van der Waals surface area (Å²) < 4.78 is 10.7. The predicted octanol–water partition coefficient (Wildman–Crippen LogP) is 5.47. The molecular formula is C21H28O3. The van der Waals surface area contributed by atoms with E-state index < -0.39 is 0 Å². The molecule has 0 saturated carbocycles. The van der Waals surface area contributed by atoms with Crippen LogP contribution in [0.15, 0.2) is 36.4 Å². The molecule has 3 heteroatoms. The number of esters is 1. The SMILES string of the molecule is CCCCCCC(=O)OCC(C)c1ccc2cc(OC)ccc2c1. The van der Waals surface area contributed by atoms with Crippen molar-refractivity contribution in [2.75, 3.05) is 13.7 Å². The van der Waals surface area contributed by atoms with Gasteiger partial charge in [-0.15, -0.1) is 0 Å². The van der Waals surface area contributed by atoms with Gasteiger partial charge in [-0.3, -0.25) is 4.79 Å². The van der Waals surface area contributed by atoms with E-state index >= 15 is 0 Å². The number of carbonyl (C=O) groups excluding carboxylic acids is 1. The van der Waals surface area contributed by atoms with E-state index in [0.29, 0.717) is 13.0 Å². The largest absolute Gasteiger partial charge is 0.497 e. The van der Waals surface area contributed by atoms with Crippen LogP contribution in [0.4, 0.5) is 0 Å². The molecule has 3 nitrogen and oxygen atoms in total. The Balaban J connectivity index is 1.89. The number of methoxy groups -OCH3 is 1. The standard InChI is InChI=1S/C21H28O3/c1-4-5-6-7-8-21(22)24-15-16(2)17-9-10-19-14-20(23-3)12-11-18(19)13-17/h9-14,16H,4-8,15H2,1-3H3. The lowest BCUT2D eigenvalue weighted by Gasteiger charge is -2.14. The number of carbonyl (C=O) groups is 1. The molecule has 2 rings (SSSR count). The maximum Gasteiger partial charge on any atom is 0.305 e. The highest BCUT2D eigenvalue weighted by Crippen LogP contribution is 2.25. The maximum atomic E-state index is 11.8. The molecule has 0 radical (unpaired) electrons. The van der Waals surface area contributed by atoms with Gasteiger partial charge in [0.05, 0.1) is 13.7 Å². The van der Waals surface area contributed by atoms with Gasteiger partial charge in [-0.25, -0.2) is 0 Å². The van der Waals surface area contributed by atoms with Crippen LogP contribution in [-0.2, 0) is 9.53 Å². The molecule has 0 saturated heterocycles. The first-order valence-corrected chi connectivity index (χ1v) is 8.87. The van der Waals surface area contributed by atoms with E-state index in [9.17, 15) is 4.79 Å². The minimum absolute atomic E-state index is 0.0801. The molecule has 0 amide bonds. The summed E-state index contributed by atoms with van der Waals surface area (Å²) in [6.45, 7) is 4.70. The monoisotopic (exact) mass is 328 g/mol. The van der Waals surface area contributed by atoms with Gasteiger partial charge in [-0.2, -0.15) is 0 Å². The van der Waals surface area contributed by atoms with Gasteiger partial charge in [-0.05, 0) is 34.9 Å². The average Bonchev–Trinajstić information content (AvgIpc) is 2.62. The van der Waals surface area contributed by atoms with Crippen molar-refractivity contribution >= 4 is 16.7 Å². The van der Waals surface area contributed by atoms with Crippen molar-refractivity contribution in [2.24, 2.45) is 0 Å². The summed E-state index contributed by atoms with van der Waals surface area (Å²) in [5.41, 5.74) is 1.19. The second kappa shape index (κ2) is 9.31. The summed E-state index contributed by atoms with van der Waals surface area (Å²) in [7, 11) is 1.67. The maximum absolute atomic E-state index is 11.8. The van der Waals surface area contributed by atoms with Crippen LogP contribution in [0.5, 0.6) is 5.75 Å². The lowest BCUT2D eigenvalue weighted by atomic mass is 9.98. The fraction of sp³-hybridized carbons (Fsp3) is 0.476. The van der Waals surface area contributed by atoms with Gasteiger partial charge in [0, 0.05) is 12.3 Å². The van der Waals surface area contributed by atoms with E-state index in [-0.39, 0.29) is 11.9 Å². The highest BCUT2D eigenvalue weighted by Gasteiger charge is 2.10. The second-order valence-electron chi connectivity index (χ2n) is 6.37. The molecule has 0 N–H and O–H groups in total. The van der Waals surface area contributed by atoms with Crippen molar-refractivity contribution in [2.45, 2.75) is 51.9 Å². The van der Waals surface area contributed by atoms with Crippen molar-refractivity contribution in [3.05, 3.63) is 42.0 Å². The Morgan fingerprint density at radius 3 is 2.54 bits per heavy atom. The Bertz CT molecular complexity index is 663. The molecule has 1 unspecified atom stereocenters. The summed E-state index contributed by atoms with van der Waals surface area (Å²) in [6.07, 6.45) is 4.93. The van der Waals surface area contributed by atoms with Gasteiger partial charge in [0.15, 0.2) is 0 Å². The molecule has 1 atom stereocenters. The molecule has 2 aromatic rings. The quantitative estimate of drug-likeness (QED) is 0.452. The smallest absolute Gasteiger partial charge is 0.305 e. The summed E-state index contributed by atoms with van der Waals surface area (Å²) in [6, 6.07) is 12.4. The van der Waals surface area contributed by atoms with E-state index in [4.69, 9.17) is 9.47 Å². The molecule has 0 aromatic heterocycles. The molecule has 0 spiro atoms. The highest BCUT2D eigenvalue weighted by molar-refractivity contribution is 5.84. The Morgan fingerprint density at radius 2 is 1.79 bits per heavy atom. The van der Waals surface area contributed by atoms with Gasteiger partial charge in [0.25, 0.3) is 0 Å². The Morgan fingerprint density at radius 1 is 1.04 bits per heavy atom. The van der Waals surface area contributed by atoms with Crippen LogP contribution in [0.3, 0.4) is 0 Å². The van der Waals surface area contributed by atoms with E-state index in [2.05, 4.69) is 38.1 Å². The fourth-order valence-corrected chi connectivity index (χ4v) is 2.76. The van der Waals surface area contributed by atoms with Gasteiger partial charge >= 0.3 is 5.97 Å². The van der Waals surface area contributed by atoms with Crippen LogP contribution in [-0.4, -0.2) is 19.7 Å². The average molecular weight is 328 g/mol. The molecule has 0 fully saturated rings. The van der Waals surface area contributed by atoms with E-state index in [0.717, 1.165) is 24.0 Å². The van der Waals surface area contributed by atoms with Crippen molar-refractivity contribution in [1.29, 1.82) is 0 Å².